The van der Waals surface area contributed by atoms with Gasteiger partial charge >= 0.3 is 0 Å². The van der Waals surface area contributed by atoms with Crippen molar-refractivity contribution < 1.29 is 14.6 Å². The van der Waals surface area contributed by atoms with Crippen molar-refractivity contribution in [3.63, 3.8) is 0 Å². The predicted molar refractivity (Wildman–Crippen MR) is 71.3 cm³/mol. The molecule has 5 heteroatoms. The Morgan fingerprint density at radius 1 is 1.58 bits per heavy atom. The van der Waals surface area contributed by atoms with Crippen molar-refractivity contribution in [2.75, 3.05) is 13.7 Å². The quantitative estimate of drug-likeness (QED) is 0.876. The van der Waals surface area contributed by atoms with Gasteiger partial charge in [0.15, 0.2) is 5.69 Å². The first kappa shape index (κ1) is 13.8. The van der Waals surface area contributed by atoms with E-state index in [2.05, 4.69) is 4.98 Å². The highest BCUT2D eigenvalue weighted by molar-refractivity contribution is 5.95. The van der Waals surface area contributed by atoms with Crippen molar-refractivity contribution >= 4 is 5.91 Å². The minimum absolute atomic E-state index is 0.196. The highest BCUT2D eigenvalue weighted by atomic mass is 16.5. The highest BCUT2D eigenvalue weighted by Crippen LogP contribution is 2.31. The Balaban J connectivity index is 2.35. The topological polar surface area (TPSA) is 62.7 Å². The van der Waals surface area contributed by atoms with E-state index in [0.717, 1.165) is 5.56 Å². The van der Waals surface area contributed by atoms with E-state index in [1.165, 1.54) is 7.11 Å². The summed E-state index contributed by atoms with van der Waals surface area (Å²) in [7, 11) is 1.53. The van der Waals surface area contributed by atoms with Gasteiger partial charge in [-0.25, -0.2) is 4.98 Å². The number of aliphatic hydroxyl groups excluding tert-OH is 1. The summed E-state index contributed by atoms with van der Waals surface area (Å²) in [6, 6.07) is 1.79. The molecule has 104 valence electrons. The molecule has 0 aromatic carbocycles. The van der Waals surface area contributed by atoms with Gasteiger partial charge in [0.25, 0.3) is 5.91 Å². The van der Waals surface area contributed by atoms with Gasteiger partial charge in [0.2, 0.25) is 0 Å². The molecule has 1 unspecified atom stereocenters. The number of aromatic nitrogens is 1. The zero-order valence-electron chi connectivity index (χ0n) is 11.8. The summed E-state index contributed by atoms with van der Waals surface area (Å²) < 4.78 is 5.23. The van der Waals surface area contributed by atoms with Crippen molar-refractivity contribution in [3.8, 4) is 5.75 Å². The van der Waals surface area contributed by atoms with Gasteiger partial charge in [-0.05, 0) is 38.8 Å². The number of hydrogen-bond acceptors (Lipinski definition) is 4. The largest absolute Gasteiger partial charge is 0.494 e. The van der Waals surface area contributed by atoms with Crippen molar-refractivity contribution in [2.45, 2.75) is 38.8 Å². The molecule has 2 heterocycles. The minimum Gasteiger partial charge on any atom is -0.494 e. The summed E-state index contributed by atoms with van der Waals surface area (Å²) in [6.45, 7) is 6.16. The second-order valence-corrected chi connectivity index (χ2v) is 5.48. The fourth-order valence-corrected chi connectivity index (χ4v) is 2.42. The van der Waals surface area contributed by atoms with Gasteiger partial charge in [-0.3, -0.25) is 4.79 Å². The Morgan fingerprint density at radius 3 is 2.79 bits per heavy atom. The van der Waals surface area contributed by atoms with Crippen molar-refractivity contribution in [3.05, 3.63) is 23.5 Å². The number of aliphatic hydroxyl groups is 1. The average Bonchev–Trinajstić information content (AvgIpc) is 2.63. The van der Waals surface area contributed by atoms with E-state index in [9.17, 15) is 9.90 Å². The van der Waals surface area contributed by atoms with Gasteiger partial charge in [-0.15, -0.1) is 0 Å². The van der Waals surface area contributed by atoms with Crippen LogP contribution in [0.3, 0.4) is 0 Å². The lowest BCUT2D eigenvalue weighted by atomic mass is 9.98. The molecule has 19 heavy (non-hydrogen) atoms. The molecule has 1 aliphatic heterocycles. The fraction of sp³-hybridized carbons (Fsp3) is 0.571. The SMILES string of the molecule is COc1cc(C)cnc1C(=O)N1CCC(O)C1(C)C. The summed E-state index contributed by atoms with van der Waals surface area (Å²) in [4.78, 5) is 18.4. The van der Waals surface area contributed by atoms with E-state index in [-0.39, 0.29) is 5.91 Å². The van der Waals surface area contributed by atoms with E-state index in [0.29, 0.717) is 24.4 Å². The lowest BCUT2D eigenvalue weighted by molar-refractivity contribution is 0.0387. The van der Waals surface area contributed by atoms with Crippen LogP contribution < -0.4 is 4.74 Å². The molecule has 1 saturated heterocycles. The van der Waals surface area contributed by atoms with Crippen LogP contribution in [0.1, 0.15) is 36.3 Å². The normalized spacial score (nSPS) is 21.5. The van der Waals surface area contributed by atoms with Gasteiger partial charge in [0, 0.05) is 12.7 Å². The maximum Gasteiger partial charge on any atom is 0.276 e. The van der Waals surface area contributed by atoms with Crippen LogP contribution in [0.25, 0.3) is 0 Å². The van der Waals surface area contributed by atoms with Gasteiger partial charge < -0.3 is 14.7 Å². The van der Waals surface area contributed by atoms with Crippen LogP contribution in [-0.4, -0.2) is 46.2 Å². The first-order chi connectivity index (χ1) is 8.87. The summed E-state index contributed by atoms with van der Waals surface area (Å²) >= 11 is 0. The molecule has 1 amide bonds. The number of rotatable bonds is 2. The lowest BCUT2D eigenvalue weighted by Crippen LogP contribution is -2.48. The first-order valence-electron chi connectivity index (χ1n) is 6.38. The second-order valence-electron chi connectivity index (χ2n) is 5.48. The number of hydrogen-bond donors (Lipinski definition) is 1. The number of likely N-dealkylation sites (tertiary alicyclic amines) is 1. The van der Waals surface area contributed by atoms with Crippen LogP contribution in [0, 0.1) is 6.92 Å². The number of aryl methyl sites for hydroxylation is 1. The minimum atomic E-state index is -0.575. The standard InChI is InChI=1S/C14H20N2O3/c1-9-7-10(19-4)12(15-8-9)13(18)16-6-5-11(17)14(16,2)3/h7-8,11,17H,5-6H2,1-4H3. The van der Waals surface area contributed by atoms with Gasteiger partial charge in [0.05, 0.1) is 18.8 Å². The van der Waals surface area contributed by atoms with Crippen molar-refractivity contribution in [1.82, 2.24) is 9.88 Å². The fourth-order valence-electron chi connectivity index (χ4n) is 2.42. The van der Waals surface area contributed by atoms with Gasteiger partial charge in [-0.1, -0.05) is 0 Å². The van der Waals surface area contributed by atoms with E-state index >= 15 is 0 Å². The molecule has 1 aliphatic rings. The zero-order chi connectivity index (χ0) is 14.2. The van der Waals surface area contributed by atoms with Crippen LogP contribution in [0.15, 0.2) is 12.3 Å². The first-order valence-corrected chi connectivity index (χ1v) is 6.38. The third kappa shape index (κ3) is 2.30. The second kappa shape index (κ2) is 4.81. The molecule has 0 aliphatic carbocycles. The third-order valence-electron chi connectivity index (χ3n) is 3.79. The maximum atomic E-state index is 12.6. The molecule has 2 rings (SSSR count). The summed E-state index contributed by atoms with van der Waals surface area (Å²) in [5, 5.41) is 9.95. The molecule has 1 aromatic heterocycles. The van der Waals surface area contributed by atoms with Crippen LogP contribution in [0.5, 0.6) is 5.75 Å². The molecule has 1 aromatic rings. The predicted octanol–water partition coefficient (Wildman–Crippen LogP) is 1.38. The van der Waals surface area contributed by atoms with E-state index < -0.39 is 11.6 Å². The Hall–Kier alpha value is -1.62. The monoisotopic (exact) mass is 264 g/mol. The van der Waals surface area contributed by atoms with E-state index in [1.54, 1.807) is 17.2 Å². The van der Waals surface area contributed by atoms with E-state index in [4.69, 9.17) is 4.74 Å². The molecule has 0 bridgehead atoms. The van der Waals surface area contributed by atoms with Gasteiger partial charge in [-0.2, -0.15) is 0 Å². The van der Waals surface area contributed by atoms with Crippen LogP contribution >= 0.6 is 0 Å². The molecule has 1 fully saturated rings. The lowest BCUT2D eigenvalue weighted by Gasteiger charge is -2.33. The Kier molecular flexibility index (Phi) is 3.49. The molecule has 5 nitrogen and oxygen atoms in total. The Morgan fingerprint density at radius 2 is 2.26 bits per heavy atom. The Bertz CT molecular complexity index is 499. The van der Waals surface area contributed by atoms with Crippen molar-refractivity contribution in [1.29, 1.82) is 0 Å². The number of carbonyl (C=O) groups excluding carboxylic acids is 1. The molecule has 0 saturated carbocycles. The molecule has 1 N–H and O–H groups in total. The number of pyridine rings is 1. The molecule has 0 spiro atoms. The van der Waals surface area contributed by atoms with Crippen molar-refractivity contribution in [2.24, 2.45) is 0 Å². The van der Waals surface area contributed by atoms with Crippen LogP contribution in [0.4, 0.5) is 0 Å². The molecule has 1 atom stereocenters. The van der Waals surface area contributed by atoms with E-state index in [1.807, 2.05) is 20.8 Å². The maximum absolute atomic E-state index is 12.6. The number of nitrogens with zero attached hydrogens (tertiary/aromatic N) is 2. The number of ether oxygens (including phenoxy) is 1. The summed E-state index contributed by atoms with van der Waals surface area (Å²) in [5.74, 6) is 0.278. The summed E-state index contributed by atoms with van der Waals surface area (Å²) in [6.07, 6.45) is 1.73. The molecular weight excluding hydrogens is 244 g/mol. The molecule has 0 radical (unpaired) electrons. The number of methoxy groups -OCH3 is 1. The number of amides is 1. The Labute approximate surface area is 113 Å². The highest BCUT2D eigenvalue weighted by Gasteiger charge is 2.44. The third-order valence-corrected chi connectivity index (χ3v) is 3.79. The van der Waals surface area contributed by atoms with Crippen LogP contribution in [-0.2, 0) is 0 Å². The molecular formula is C14H20N2O3. The average molecular weight is 264 g/mol. The summed E-state index contributed by atoms with van der Waals surface area (Å²) in [5.41, 5.74) is 0.665. The zero-order valence-corrected chi connectivity index (χ0v) is 11.8. The van der Waals surface area contributed by atoms with Crippen LogP contribution in [0.2, 0.25) is 0 Å². The smallest absolute Gasteiger partial charge is 0.276 e. The van der Waals surface area contributed by atoms with Gasteiger partial charge in [0.1, 0.15) is 5.75 Å². The number of carbonyl (C=O) groups is 1.